The van der Waals surface area contributed by atoms with Crippen molar-refractivity contribution in [2.75, 3.05) is 13.1 Å². The zero-order valence-corrected chi connectivity index (χ0v) is 11.7. The van der Waals surface area contributed by atoms with Gasteiger partial charge in [-0.05, 0) is 37.3 Å². The van der Waals surface area contributed by atoms with Gasteiger partial charge in [-0.1, -0.05) is 44.2 Å². The monoisotopic (exact) mass is 246 g/mol. The Morgan fingerprint density at radius 3 is 2.50 bits per heavy atom. The first kappa shape index (κ1) is 13.6. The first-order valence-corrected chi connectivity index (χ1v) is 7.27. The number of nitrogens with zero attached hydrogens (tertiary/aromatic N) is 1. The summed E-state index contributed by atoms with van der Waals surface area (Å²) in [6.07, 6.45) is 4.00. The summed E-state index contributed by atoms with van der Waals surface area (Å²) in [5.41, 5.74) is 7.64. The number of rotatable bonds is 7. The minimum atomic E-state index is 0.157. The predicted octanol–water partition coefficient (Wildman–Crippen LogP) is 3.20. The van der Waals surface area contributed by atoms with Crippen LogP contribution in [0.15, 0.2) is 30.3 Å². The molecule has 0 aliphatic heterocycles. The van der Waals surface area contributed by atoms with E-state index in [9.17, 15) is 0 Å². The second kappa shape index (κ2) is 6.35. The summed E-state index contributed by atoms with van der Waals surface area (Å²) in [6.45, 7) is 6.89. The Balaban J connectivity index is 1.91. The molecule has 1 aromatic rings. The largest absolute Gasteiger partial charge is 0.324 e. The van der Waals surface area contributed by atoms with Gasteiger partial charge in [-0.2, -0.15) is 0 Å². The molecule has 100 valence electrons. The molecule has 1 aliphatic carbocycles. The van der Waals surface area contributed by atoms with Crippen molar-refractivity contribution < 1.29 is 0 Å². The van der Waals surface area contributed by atoms with Crippen LogP contribution in [0.4, 0.5) is 0 Å². The third kappa shape index (κ3) is 3.56. The van der Waals surface area contributed by atoms with Crippen LogP contribution in [-0.2, 0) is 0 Å². The molecule has 1 aromatic carbocycles. The Labute approximate surface area is 111 Å². The lowest BCUT2D eigenvalue weighted by Crippen LogP contribution is -2.35. The van der Waals surface area contributed by atoms with Crippen molar-refractivity contribution in [1.29, 1.82) is 0 Å². The van der Waals surface area contributed by atoms with Gasteiger partial charge in [0, 0.05) is 18.6 Å². The molecule has 0 aromatic heterocycles. The van der Waals surface area contributed by atoms with E-state index in [-0.39, 0.29) is 6.04 Å². The molecule has 0 radical (unpaired) electrons. The Kier molecular flexibility index (Phi) is 4.79. The maximum absolute atomic E-state index is 6.38. The van der Waals surface area contributed by atoms with Crippen molar-refractivity contribution in [2.24, 2.45) is 11.7 Å². The summed E-state index contributed by atoms with van der Waals surface area (Å²) in [5, 5.41) is 0. The molecule has 0 saturated heterocycles. The Morgan fingerprint density at radius 1 is 1.28 bits per heavy atom. The van der Waals surface area contributed by atoms with Gasteiger partial charge < -0.3 is 10.6 Å². The Morgan fingerprint density at radius 2 is 1.94 bits per heavy atom. The molecule has 0 spiro atoms. The molecular formula is C16H26N2. The van der Waals surface area contributed by atoms with Gasteiger partial charge in [-0.3, -0.25) is 0 Å². The first-order valence-electron chi connectivity index (χ1n) is 7.27. The van der Waals surface area contributed by atoms with Crippen molar-refractivity contribution in [1.82, 2.24) is 4.90 Å². The minimum Gasteiger partial charge on any atom is -0.324 e. The lowest BCUT2D eigenvalue weighted by Gasteiger charge is -2.28. The number of nitrogens with two attached hydrogens (primary N) is 1. The second-order valence-corrected chi connectivity index (χ2v) is 5.64. The zero-order valence-electron chi connectivity index (χ0n) is 11.7. The molecule has 1 aliphatic rings. The maximum atomic E-state index is 6.38. The Hall–Kier alpha value is -0.860. The minimum absolute atomic E-state index is 0.157. The van der Waals surface area contributed by atoms with Gasteiger partial charge in [-0.15, -0.1) is 0 Å². The summed E-state index contributed by atoms with van der Waals surface area (Å²) in [5.74, 6) is 0.513. The predicted molar refractivity (Wildman–Crippen MR) is 77.4 cm³/mol. The summed E-state index contributed by atoms with van der Waals surface area (Å²) in [4.78, 5) is 2.63. The molecule has 0 bridgehead atoms. The van der Waals surface area contributed by atoms with E-state index < -0.39 is 0 Å². The van der Waals surface area contributed by atoms with Crippen LogP contribution in [0.5, 0.6) is 0 Å². The highest BCUT2D eigenvalue weighted by molar-refractivity contribution is 5.19. The van der Waals surface area contributed by atoms with Crippen molar-refractivity contribution in [3.8, 4) is 0 Å². The molecular weight excluding hydrogens is 220 g/mol. The number of benzene rings is 1. The molecule has 2 N–H and O–H groups in total. The average molecular weight is 246 g/mol. The van der Waals surface area contributed by atoms with Crippen molar-refractivity contribution >= 4 is 0 Å². The summed E-state index contributed by atoms with van der Waals surface area (Å²) in [7, 11) is 0. The van der Waals surface area contributed by atoms with Gasteiger partial charge in [0.05, 0.1) is 0 Å². The molecule has 0 heterocycles. The van der Waals surface area contributed by atoms with Crippen molar-refractivity contribution in [3.05, 3.63) is 35.9 Å². The summed E-state index contributed by atoms with van der Waals surface area (Å²) >= 11 is 0. The van der Waals surface area contributed by atoms with E-state index in [4.69, 9.17) is 5.73 Å². The van der Waals surface area contributed by atoms with E-state index in [0.717, 1.165) is 12.6 Å². The van der Waals surface area contributed by atoms with Gasteiger partial charge in [0.15, 0.2) is 0 Å². The van der Waals surface area contributed by atoms with Crippen LogP contribution >= 0.6 is 0 Å². The third-order valence-corrected chi connectivity index (χ3v) is 3.89. The SMILES string of the molecule is CCCN(CC(C)C(N)c1ccccc1)C1CC1. The summed E-state index contributed by atoms with van der Waals surface area (Å²) in [6, 6.07) is 11.5. The molecule has 2 heteroatoms. The van der Waals surface area contributed by atoms with Crippen LogP contribution in [0.3, 0.4) is 0 Å². The van der Waals surface area contributed by atoms with Gasteiger partial charge in [-0.25, -0.2) is 0 Å². The highest BCUT2D eigenvalue weighted by atomic mass is 15.2. The zero-order chi connectivity index (χ0) is 13.0. The van der Waals surface area contributed by atoms with E-state index in [1.165, 1.54) is 31.4 Å². The van der Waals surface area contributed by atoms with Crippen LogP contribution in [0.25, 0.3) is 0 Å². The van der Waals surface area contributed by atoms with E-state index in [0.29, 0.717) is 5.92 Å². The lowest BCUT2D eigenvalue weighted by atomic mass is 9.95. The summed E-state index contributed by atoms with van der Waals surface area (Å²) < 4.78 is 0. The van der Waals surface area contributed by atoms with Gasteiger partial charge in [0.2, 0.25) is 0 Å². The Bertz CT molecular complexity index is 345. The standard InChI is InChI=1S/C16H26N2/c1-3-11-18(15-9-10-15)12-13(2)16(17)14-7-5-4-6-8-14/h4-8,13,15-16H,3,9-12,17H2,1-2H3. The van der Waals surface area contributed by atoms with Crippen LogP contribution in [0, 0.1) is 5.92 Å². The fourth-order valence-electron chi connectivity index (χ4n) is 2.64. The molecule has 2 unspecified atom stereocenters. The first-order chi connectivity index (χ1) is 8.72. The molecule has 18 heavy (non-hydrogen) atoms. The van der Waals surface area contributed by atoms with Gasteiger partial charge >= 0.3 is 0 Å². The topological polar surface area (TPSA) is 29.3 Å². The van der Waals surface area contributed by atoms with Crippen molar-refractivity contribution in [2.45, 2.75) is 45.2 Å². The molecule has 1 saturated carbocycles. The highest BCUT2D eigenvalue weighted by Gasteiger charge is 2.30. The quantitative estimate of drug-likeness (QED) is 0.800. The van der Waals surface area contributed by atoms with Crippen LogP contribution in [0.2, 0.25) is 0 Å². The van der Waals surface area contributed by atoms with E-state index in [1.807, 2.05) is 0 Å². The van der Waals surface area contributed by atoms with Gasteiger partial charge in [0.25, 0.3) is 0 Å². The maximum Gasteiger partial charge on any atom is 0.0333 e. The number of hydrogen-bond acceptors (Lipinski definition) is 2. The van der Waals surface area contributed by atoms with E-state index in [1.54, 1.807) is 0 Å². The lowest BCUT2D eigenvalue weighted by molar-refractivity contribution is 0.213. The molecule has 2 atom stereocenters. The van der Waals surface area contributed by atoms with Crippen LogP contribution in [0.1, 0.15) is 44.7 Å². The second-order valence-electron chi connectivity index (χ2n) is 5.64. The van der Waals surface area contributed by atoms with Gasteiger partial charge in [0.1, 0.15) is 0 Å². The average Bonchev–Trinajstić information content (AvgIpc) is 3.22. The van der Waals surface area contributed by atoms with Crippen molar-refractivity contribution in [3.63, 3.8) is 0 Å². The third-order valence-electron chi connectivity index (χ3n) is 3.89. The smallest absolute Gasteiger partial charge is 0.0333 e. The van der Waals surface area contributed by atoms with E-state index >= 15 is 0 Å². The number of hydrogen-bond donors (Lipinski definition) is 1. The fraction of sp³-hybridized carbons (Fsp3) is 0.625. The molecule has 1 fully saturated rings. The molecule has 2 nitrogen and oxygen atoms in total. The highest BCUT2D eigenvalue weighted by Crippen LogP contribution is 2.29. The molecule has 0 amide bonds. The van der Waals surface area contributed by atoms with Crippen LogP contribution < -0.4 is 5.73 Å². The van der Waals surface area contributed by atoms with Crippen LogP contribution in [-0.4, -0.2) is 24.0 Å². The molecule has 2 rings (SSSR count). The normalized spacial score (nSPS) is 18.9. The fourth-order valence-corrected chi connectivity index (χ4v) is 2.64. The van der Waals surface area contributed by atoms with E-state index in [2.05, 4.69) is 49.1 Å².